The maximum atomic E-state index is 12.8. The monoisotopic (exact) mass is 415 g/mol. The number of carbonyl (C=O) groups is 1. The number of halogens is 1. The molecule has 0 aliphatic carbocycles. The molecule has 1 heterocycles. The fourth-order valence-electron chi connectivity index (χ4n) is 2.90. The molecule has 0 spiro atoms. The molecule has 28 heavy (non-hydrogen) atoms. The fraction of sp³-hybridized carbons (Fsp3) is 0.286. The Balaban J connectivity index is 1.65. The molecule has 3 rings (SSSR count). The Morgan fingerprint density at radius 2 is 2.00 bits per heavy atom. The van der Waals surface area contributed by atoms with E-state index in [1.54, 1.807) is 10.6 Å². The summed E-state index contributed by atoms with van der Waals surface area (Å²) in [5.74, 6) is 0.109. The third-order valence-electron chi connectivity index (χ3n) is 4.25. The van der Waals surface area contributed by atoms with Crippen LogP contribution in [0.25, 0.3) is 10.9 Å². The van der Waals surface area contributed by atoms with Gasteiger partial charge in [0.2, 0.25) is 5.91 Å². The lowest BCUT2D eigenvalue weighted by atomic mass is 10.1. The topological polar surface area (TPSA) is 64.0 Å². The summed E-state index contributed by atoms with van der Waals surface area (Å²) in [6.45, 7) is 4.40. The summed E-state index contributed by atoms with van der Waals surface area (Å²) in [5, 5.41) is 4.74. The molecule has 1 aromatic heterocycles. The molecular weight excluding hydrogens is 394 g/mol. The van der Waals surface area contributed by atoms with Crippen molar-refractivity contribution in [1.29, 1.82) is 0 Å². The van der Waals surface area contributed by atoms with Crippen LogP contribution in [0.5, 0.6) is 0 Å². The predicted molar refractivity (Wildman–Crippen MR) is 115 cm³/mol. The second-order valence-corrected chi connectivity index (χ2v) is 8.08. The molecule has 0 aliphatic rings. The van der Waals surface area contributed by atoms with E-state index in [2.05, 4.69) is 10.3 Å². The minimum atomic E-state index is -0.0928. The average Bonchev–Trinajstić information content (AvgIpc) is 2.66. The van der Waals surface area contributed by atoms with Gasteiger partial charge in [-0.15, -0.1) is 0 Å². The van der Waals surface area contributed by atoms with Gasteiger partial charge in [-0.25, -0.2) is 4.98 Å². The van der Waals surface area contributed by atoms with Crippen LogP contribution in [-0.4, -0.2) is 27.8 Å². The molecule has 0 radical (unpaired) electrons. The third kappa shape index (κ3) is 4.94. The highest BCUT2D eigenvalue weighted by molar-refractivity contribution is 7.99. The van der Waals surface area contributed by atoms with Crippen molar-refractivity contribution in [2.24, 2.45) is 0 Å². The van der Waals surface area contributed by atoms with Crippen molar-refractivity contribution in [3.8, 4) is 0 Å². The van der Waals surface area contributed by atoms with Crippen LogP contribution in [0, 0.1) is 0 Å². The van der Waals surface area contributed by atoms with E-state index in [1.807, 2.05) is 56.3 Å². The number of nitrogens with one attached hydrogen (secondary N) is 1. The number of benzene rings is 2. The summed E-state index contributed by atoms with van der Waals surface area (Å²) < 4.78 is 1.65. The standard InChI is InChI=1S/C21H22ClN3O2S/c1-14(2)25-20(27)17-8-3-4-9-18(17)24-21(25)28-13-19(26)23-11-10-15-6-5-7-16(22)12-15/h3-9,12,14H,10-11,13H2,1-2H3,(H,23,26). The van der Waals surface area contributed by atoms with Crippen molar-refractivity contribution in [3.05, 3.63) is 69.5 Å². The van der Waals surface area contributed by atoms with Gasteiger partial charge in [-0.1, -0.05) is 47.6 Å². The quantitative estimate of drug-likeness (QED) is 0.466. The summed E-state index contributed by atoms with van der Waals surface area (Å²) >= 11 is 7.25. The highest BCUT2D eigenvalue weighted by atomic mass is 35.5. The predicted octanol–water partition coefficient (Wildman–Crippen LogP) is 4.08. The molecule has 1 amide bonds. The van der Waals surface area contributed by atoms with E-state index in [1.165, 1.54) is 11.8 Å². The number of para-hydroxylation sites is 1. The van der Waals surface area contributed by atoms with Crippen molar-refractivity contribution in [3.63, 3.8) is 0 Å². The summed E-state index contributed by atoms with van der Waals surface area (Å²) in [4.78, 5) is 29.6. The van der Waals surface area contributed by atoms with Crippen molar-refractivity contribution < 1.29 is 4.79 Å². The first kappa shape index (κ1) is 20.4. The maximum absolute atomic E-state index is 12.8. The van der Waals surface area contributed by atoms with Gasteiger partial charge in [-0.2, -0.15) is 0 Å². The van der Waals surface area contributed by atoms with Crippen LogP contribution in [0.2, 0.25) is 5.02 Å². The summed E-state index contributed by atoms with van der Waals surface area (Å²) in [6, 6.07) is 14.8. The highest BCUT2D eigenvalue weighted by Crippen LogP contribution is 2.20. The van der Waals surface area contributed by atoms with Crippen LogP contribution in [0.1, 0.15) is 25.5 Å². The Kier molecular flexibility index (Phi) is 6.75. The molecule has 1 N–H and O–H groups in total. The number of hydrogen-bond acceptors (Lipinski definition) is 4. The number of thioether (sulfide) groups is 1. The lowest BCUT2D eigenvalue weighted by Crippen LogP contribution is -2.29. The second-order valence-electron chi connectivity index (χ2n) is 6.70. The molecule has 0 atom stereocenters. The molecule has 0 saturated heterocycles. The molecule has 0 aliphatic heterocycles. The lowest BCUT2D eigenvalue weighted by Gasteiger charge is -2.16. The molecule has 146 valence electrons. The molecule has 0 fully saturated rings. The van der Waals surface area contributed by atoms with Crippen LogP contribution in [0.3, 0.4) is 0 Å². The van der Waals surface area contributed by atoms with Crippen LogP contribution in [0.15, 0.2) is 58.5 Å². The maximum Gasteiger partial charge on any atom is 0.262 e. The third-order valence-corrected chi connectivity index (χ3v) is 5.44. The molecule has 0 unspecified atom stereocenters. The van der Waals surface area contributed by atoms with Gasteiger partial charge in [0, 0.05) is 17.6 Å². The number of rotatable bonds is 7. The van der Waals surface area contributed by atoms with Crippen LogP contribution in [0.4, 0.5) is 0 Å². The van der Waals surface area contributed by atoms with Gasteiger partial charge in [0.15, 0.2) is 5.16 Å². The minimum absolute atomic E-state index is 0.0435. The Morgan fingerprint density at radius 3 is 2.75 bits per heavy atom. The molecule has 0 saturated carbocycles. The van der Waals surface area contributed by atoms with E-state index >= 15 is 0 Å². The van der Waals surface area contributed by atoms with Gasteiger partial charge in [0.1, 0.15) is 0 Å². The Labute approximate surface area is 173 Å². The zero-order valence-electron chi connectivity index (χ0n) is 15.8. The van der Waals surface area contributed by atoms with Crippen LogP contribution in [-0.2, 0) is 11.2 Å². The molecule has 5 nitrogen and oxygen atoms in total. The number of aromatic nitrogens is 2. The van der Waals surface area contributed by atoms with Crippen molar-refractivity contribution in [2.75, 3.05) is 12.3 Å². The Hall–Kier alpha value is -2.31. The number of nitrogens with zero attached hydrogens (tertiary/aromatic N) is 2. The van der Waals surface area contributed by atoms with Crippen LogP contribution < -0.4 is 10.9 Å². The van der Waals surface area contributed by atoms with E-state index in [0.29, 0.717) is 34.0 Å². The normalized spacial score (nSPS) is 11.1. The van der Waals surface area contributed by atoms with Crippen molar-refractivity contribution in [2.45, 2.75) is 31.5 Å². The molecular formula is C21H22ClN3O2S. The van der Waals surface area contributed by atoms with Gasteiger partial charge in [0.25, 0.3) is 5.56 Å². The minimum Gasteiger partial charge on any atom is -0.355 e. The largest absolute Gasteiger partial charge is 0.355 e. The highest BCUT2D eigenvalue weighted by Gasteiger charge is 2.15. The van der Waals surface area contributed by atoms with Crippen molar-refractivity contribution >= 4 is 40.2 Å². The first-order valence-electron chi connectivity index (χ1n) is 9.11. The van der Waals surface area contributed by atoms with E-state index in [-0.39, 0.29) is 23.3 Å². The zero-order chi connectivity index (χ0) is 20.1. The first-order chi connectivity index (χ1) is 13.5. The fourth-order valence-corrected chi connectivity index (χ4v) is 4.07. The first-order valence-corrected chi connectivity index (χ1v) is 10.5. The average molecular weight is 416 g/mol. The van der Waals surface area contributed by atoms with Gasteiger partial charge in [0.05, 0.1) is 16.7 Å². The number of fused-ring (bicyclic) bond motifs is 1. The van der Waals surface area contributed by atoms with E-state index in [0.717, 1.165) is 5.56 Å². The van der Waals surface area contributed by atoms with E-state index < -0.39 is 0 Å². The summed E-state index contributed by atoms with van der Waals surface area (Å²) in [6.07, 6.45) is 0.710. The summed E-state index contributed by atoms with van der Waals surface area (Å²) in [5.41, 5.74) is 1.64. The smallest absolute Gasteiger partial charge is 0.262 e. The van der Waals surface area contributed by atoms with Gasteiger partial charge < -0.3 is 5.32 Å². The Bertz CT molecular complexity index is 1050. The SMILES string of the molecule is CC(C)n1c(SCC(=O)NCCc2cccc(Cl)c2)nc2ccccc2c1=O. The van der Waals surface area contributed by atoms with Crippen LogP contribution >= 0.6 is 23.4 Å². The molecule has 2 aromatic carbocycles. The molecule has 0 bridgehead atoms. The zero-order valence-corrected chi connectivity index (χ0v) is 17.4. The van der Waals surface area contributed by atoms with Gasteiger partial charge in [-0.3, -0.25) is 14.2 Å². The number of carbonyl (C=O) groups excluding carboxylic acids is 1. The van der Waals surface area contributed by atoms with Crippen molar-refractivity contribution in [1.82, 2.24) is 14.9 Å². The van der Waals surface area contributed by atoms with Gasteiger partial charge in [-0.05, 0) is 50.1 Å². The summed E-state index contributed by atoms with van der Waals surface area (Å²) in [7, 11) is 0. The van der Waals surface area contributed by atoms with E-state index in [9.17, 15) is 9.59 Å². The number of hydrogen-bond donors (Lipinski definition) is 1. The lowest BCUT2D eigenvalue weighted by molar-refractivity contribution is -0.118. The molecule has 7 heteroatoms. The second kappa shape index (κ2) is 9.26. The number of amides is 1. The Morgan fingerprint density at radius 1 is 1.21 bits per heavy atom. The van der Waals surface area contributed by atoms with E-state index in [4.69, 9.17) is 11.6 Å². The molecule has 3 aromatic rings. The van der Waals surface area contributed by atoms with Gasteiger partial charge >= 0.3 is 0 Å².